The third-order valence-corrected chi connectivity index (χ3v) is 8.17. The van der Waals surface area contributed by atoms with E-state index in [1.165, 1.54) is 18.2 Å². The molecule has 3 aliphatic heterocycles. The standard InChI is InChI=1S/C27H16BrCl3N2O3/c28-15-5-1-14(2-6-15)25(34)24-23-22(20-8-4-13-3-7-16(29)12-21(13)33(20)24)26(35)32(27(23)36)19-10-17(30)9-18(31)11-19/h1-12,20,22-24H/t20-,22+,23+,24-/m0/s1. The molecule has 6 rings (SSSR count). The second-order valence-corrected chi connectivity index (χ2v) is 11.2. The number of rotatable bonds is 3. The maximum atomic E-state index is 14.0. The van der Waals surface area contributed by atoms with Gasteiger partial charge in [-0.25, -0.2) is 4.90 Å². The molecule has 0 spiro atoms. The van der Waals surface area contributed by atoms with Crippen molar-refractivity contribution in [1.82, 2.24) is 0 Å². The average Bonchev–Trinajstić information content (AvgIpc) is 3.31. The van der Waals surface area contributed by atoms with E-state index in [-0.39, 0.29) is 11.7 Å². The second-order valence-electron chi connectivity index (χ2n) is 8.97. The van der Waals surface area contributed by atoms with Gasteiger partial charge in [-0.1, -0.05) is 81.1 Å². The van der Waals surface area contributed by atoms with Crippen molar-refractivity contribution in [2.75, 3.05) is 9.80 Å². The number of fused-ring (bicyclic) bond motifs is 5. The summed E-state index contributed by atoms with van der Waals surface area (Å²) >= 11 is 22.1. The number of carbonyl (C=O) groups excluding carboxylic acids is 3. The van der Waals surface area contributed by atoms with E-state index in [4.69, 9.17) is 34.8 Å². The third kappa shape index (κ3) is 3.62. The lowest BCUT2D eigenvalue weighted by Gasteiger charge is -2.36. The Morgan fingerprint density at radius 1 is 0.806 bits per heavy atom. The lowest BCUT2D eigenvalue weighted by molar-refractivity contribution is -0.122. The molecule has 0 saturated carbocycles. The van der Waals surface area contributed by atoms with Gasteiger partial charge in [0.1, 0.15) is 6.04 Å². The van der Waals surface area contributed by atoms with Crippen molar-refractivity contribution >= 4 is 85.8 Å². The first-order valence-corrected chi connectivity index (χ1v) is 13.1. The monoisotopic (exact) mass is 600 g/mol. The minimum atomic E-state index is -0.903. The van der Waals surface area contributed by atoms with Gasteiger partial charge in [0.15, 0.2) is 5.78 Å². The number of anilines is 2. The van der Waals surface area contributed by atoms with Gasteiger partial charge < -0.3 is 4.90 Å². The van der Waals surface area contributed by atoms with Crippen LogP contribution in [-0.4, -0.2) is 29.7 Å². The van der Waals surface area contributed by atoms with E-state index in [1.807, 2.05) is 23.1 Å². The van der Waals surface area contributed by atoms with Gasteiger partial charge in [-0.2, -0.15) is 0 Å². The number of carbonyl (C=O) groups is 3. The molecule has 0 bridgehead atoms. The molecular formula is C27H16BrCl3N2O3. The van der Waals surface area contributed by atoms with E-state index >= 15 is 0 Å². The molecule has 0 aromatic heterocycles. The van der Waals surface area contributed by atoms with Crippen LogP contribution in [0.4, 0.5) is 11.4 Å². The molecule has 180 valence electrons. The summed E-state index contributed by atoms with van der Waals surface area (Å²) in [5, 5.41) is 1.11. The van der Waals surface area contributed by atoms with E-state index in [9.17, 15) is 14.4 Å². The van der Waals surface area contributed by atoms with Crippen LogP contribution in [0, 0.1) is 11.8 Å². The molecule has 2 saturated heterocycles. The summed E-state index contributed by atoms with van der Waals surface area (Å²) < 4.78 is 0.829. The highest BCUT2D eigenvalue weighted by molar-refractivity contribution is 9.10. The number of benzene rings is 3. The highest BCUT2D eigenvalue weighted by Crippen LogP contribution is 2.50. The summed E-state index contributed by atoms with van der Waals surface area (Å²) in [5.74, 6) is -2.74. The lowest BCUT2D eigenvalue weighted by Crippen LogP contribution is -2.48. The number of hydrogen-bond acceptors (Lipinski definition) is 4. The molecule has 0 aliphatic carbocycles. The molecule has 3 aromatic carbocycles. The zero-order valence-corrected chi connectivity index (χ0v) is 22.2. The molecule has 2 fully saturated rings. The number of hydrogen-bond donors (Lipinski definition) is 0. The van der Waals surface area contributed by atoms with Crippen molar-refractivity contribution in [3.8, 4) is 0 Å². The molecule has 3 aliphatic rings. The van der Waals surface area contributed by atoms with E-state index in [1.54, 1.807) is 36.4 Å². The molecular weight excluding hydrogens is 587 g/mol. The summed E-state index contributed by atoms with van der Waals surface area (Å²) in [7, 11) is 0. The maximum Gasteiger partial charge on any atom is 0.240 e. The minimum absolute atomic E-state index is 0.242. The van der Waals surface area contributed by atoms with E-state index in [0.29, 0.717) is 26.3 Å². The predicted molar refractivity (Wildman–Crippen MR) is 145 cm³/mol. The largest absolute Gasteiger partial charge is 0.352 e. The number of halogens is 4. The molecule has 3 heterocycles. The molecule has 4 atom stereocenters. The summed E-state index contributed by atoms with van der Waals surface area (Å²) in [6, 6.07) is 15.6. The van der Waals surface area contributed by atoms with Crippen LogP contribution < -0.4 is 9.80 Å². The minimum Gasteiger partial charge on any atom is -0.352 e. The first kappa shape index (κ1) is 23.7. The first-order valence-electron chi connectivity index (χ1n) is 11.1. The smallest absolute Gasteiger partial charge is 0.240 e. The van der Waals surface area contributed by atoms with Crippen molar-refractivity contribution in [3.05, 3.63) is 97.4 Å². The number of nitrogens with zero attached hydrogens (tertiary/aromatic N) is 2. The summed E-state index contributed by atoms with van der Waals surface area (Å²) in [4.78, 5) is 44.8. The molecule has 5 nitrogen and oxygen atoms in total. The second kappa shape index (κ2) is 8.73. The zero-order chi connectivity index (χ0) is 25.3. The van der Waals surface area contributed by atoms with E-state index < -0.39 is 29.8 Å². The van der Waals surface area contributed by atoms with Crippen molar-refractivity contribution in [1.29, 1.82) is 0 Å². The van der Waals surface area contributed by atoms with Crippen molar-refractivity contribution in [3.63, 3.8) is 0 Å². The van der Waals surface area contributed by atoms with Crippen LogP contribution in [0.2, 0.25) is 15.1 Å². The van der Waals surface area contributed by atoms with Gasteiger partial charge >= 0.3 is 0 Å². The Kier molecular flexibility index (Phi) is 5.76. The highest BCUT2D eigenvalue weighted by Gasteiger charge is 2.64. The van der Waals surface area contributed by atoms with Crippen LogP contribution in [0.15, 0.2) is 71.2 Å². The molecule has 2 amide bonds. The van der Waals surface area contributed by atoms with Crippen LogP contribution in [0.5, 0.6) is 0 Å². The van der Waals surface area contributed by atoms with Crippen molar-refractivity contribution in [2.24, 2.45) is 11.8 Å². The summed E-state index contributed by atoms with van der Waals surface area (Å²) in [5.41, 5.74) is 2.33. The predicted octanol–water partition coefficient (Wildman–Crippen LogP) is 6.68. The van der Waals surface area contributed by atoms with Gasteiger partial charge in [0.05, 0.1) is 23.6 Å². The van der Waals surface area contributed by atoms with Gasteiger partial charge in [-0.15, -0.1) is 0 Å². The number of Topliss-reactive ketones (excluding diaryl/α,β-unsaturated/α-hetero) is 1. The van der Waals surface area contributed by atoms with Crippen LogP contribution in [0.1, 0.15) is 15.9 Å². The summed E-state index contributed by atoms with van der Waals surface area (Å²) in [6.45, 7) is 0. The fourth-order valence-corrected chi connectivity index (χ4v) is 6.48. The number of amides is 2. The normalized spacial score (nSPS) is 24.1. The Morgan fingerprint density at radius 3 is 2.17 bits per heavy atom. The van der Waals surface area contributed by atoms with Gasteiger partial charge in [0.25, 0.3) is 0 Å². The summed E-state index contributed by atoms with van der Waals surface area (Å²) in [6.07, 6.45) is 3.80. The molecule has 3 aromatic rings. The SMILES string of the molecule is O=C(c1ccc(Br)cc1)[C@@H]1[C@@H]2C(=O)N(c3cc(Cl)cc(Cl)c3)C(=O)[C@@H]2[C@@H]2C=Cc3ccc(Cl)cc3N12. The van der Waals surface area contributed by atoms with Gasteiger partial charge in [0.2, 0.25) is 11.8 Å². The molecule has 36 heavy (non-hydrogen) atoms. The highest BCUT2D eigenvalue weighted by atomic mass is 79.9. The topological polar surface area (TPSA) is 57.7 Å². The lowest BCUT2D eigenvalue weighted by atomic mass is 9.86. The maximum absolute atomic E-state index is 14.0. The fraction of sp³-hybridized carbons (Fsp3) is 0.148. The van der Waals surface area contributed by atoms with Crippen LogP contribution in [0.3, 0.4) is 0 Å². The number of imide groups is 1. The van der Waals surface area contributed by atoms with E-state index in [0.717, 1.165) is 20.6 Å². The Balaban J connectivity index is 1.51. The molecule has 0 N–H and O–H groups in total. The zero-order valence-electron chi connectivity index (χ0n) is 18.4. The molecule has 9 heteroatoms. The van der Waals surface area contributed by atoms with Crippen LogP contribution in [-0.2, 0) is 9.59 Å². The van der Waals surface area contributed by atoms with E-state index in [2.05, 4.69) is 15.9 Å². The Morgan fingerprint density at radius 2 is 1.47 bits per heavy atom. The van der Waals surface area contributed by atoms with Gasteiger partial charge in [0, 0.05) is 30.8 Å². The van der Waals surface area contributed by atoms with Gasteiger partial charge in [-0.05, 0) is 48.0 Å². The Hall–Kier alpha value is -2.64. The molecule has 0 radical (unpaired) electrons. The average molecular weight is 603 g/mol. The van der Waals surface area contributed by atoms with Gasteiger partial charge in [-0.3, -0.25) is 14.4 Å². The van der Waals surface area contributed by atoms with Crippen LogP contribution >= 0.6 is 50.7 Å². The first-order chi connectivity index (χ1) is 17.2. The van der Waals surface area contributed by atoms with Crippen LogP contribution in [0.25, 0.3) is 6.08 Å². The Bertz CT molecular complexity index is 1470. The Labute approximate surface area is 230 Å². The fourth-order valence-electron chi connectivity index (χ4n) is 5.54. The molecule has 0 unspecified atom stereocenters. The quantitative estimate of drug-likeness (QED) is 0.248. The third-order valence-electron chi connectivity index (χ3n) is 6.97. The van der Waals surface area contributed by atoms with Crippen molar-refractivity contribution in [2.45, 2.75) is 12.1 Å². The number of ketones is 1. The van der Waals surface area contributed by atoms with Crippen molar-refractivity contribution < 1.29 is 14.4 Å².